The lowest BCUT2D eigenvalue weighted by Crippen LogP contribution is -2.41. The van der Waals surface area contributed by atoms with Crippen LogP contribution < -0.4 is 23.8 Å². The third-order valence-electron chi connectivity index (χ3n) is 4.54. The van der Waals surface area contributed by atoms with Crippen molar-refractivity contribution >= 4 is 33.2 Å². The Hall–Kier alpha value is -2.65. The monoisotopic (exact) mass is 454 g/mol. The molecule has 10 heteroatoms. The van der Waals surface area contributed by atoms with Crippen molar-refractivity contribution in [1.29, 1.82) is 0 Å². The first-order valence-electron chi connectivity index (χ1n) is 9.19. The number of nitrogens with zero attached hydrogens (tertiary/aromatic N) is 1. The van der Waals surface area contributed by atoms with E-state index >= 15 is 0 Å². The van der Waals surface area contributed by atoms with Gasteiger partial charge in [0, 0.05) is 5.02 Å². The lowest BCUT2D eigenvalue weighted by Gasteiger charge is -2.25. The maximum Gasteiger partial charge on any atom is 0.241 e. The number of benzene rings is 2. The molecule has 0 radical (unpaired) electrons. The van der Waals surface area contributed by atoms with Crippen molar-refractivity contribution < 1.29 is 27.4 Å². The minimum Gasteiger partial charge on any atom is -0.495 e. The van der Waals surface area contributed by atoms with Gasteiger partial charge < -0.3 is 19.5 Å². The zero-order valence-corrected chi connectivity index (χ0v) is 18.4. The highest BCUT2D eigenvalue weighted by molar-refractivity contribution is 7.92. The number of methoxy groups -OCH3 is 1. The van der Waals surface area contributed by atoms with Crippen LogP contribution in [0.3, 0.4) is 0 Å². The normalized spacial score (nSPS) is 14.0. The molecule has 1 amide bonds. The number of fused-ring (bicyclic) bond motifs is 1. The predicted molar refractivity (Wildman–Crippen MR) is 114 cm³/mol. The van der Waals surface area contributed by atoms with E-state index in [9.17, 15) is 13.2 Å². The van der Waals surface area contributed by atoms with E-state index in [1.807, 2.05) is 6.07 Å². The first kappa shape index (κ1) is 22.0. The summed E-state index contributed by atoms with van der Waals surface area (Å²) >= 11 is 6.03. The van der Waals surface area contributed by atoms with Crippen LogP contribution in [0.25, 0.3) is 0 Å². The van der Waals surface area contributed by atoms with Gasteiger partial charge in [0.25, 0.3) is 0 Å². The first-order valence-corrected chi connectivity index (χ1v) is 11.4. The van der Waals surface area contributed by atoms with Gasteiger partial charge in [-0.1, -0.05) is 17.7 Å². The van der Waals surface area contributed by atoms with Gasteiger partial charge in [0.15, 0.2) is 11.5 Å². The molecule has 2 aromatic carbocycles. The second-order valence-electron chi connectivity index (χ2n) is 6.78. The molecule has 1 atom stereocenters. The summed E-state index contributed by atoms with van der Waals surface area (Å²) in [5, 5.41) is 3.14. The number of nitrogens with one attached hydrogen (secondary N) is 1. The molecule has 1 aliphatic heterocycles. The molecule has 0 spiro atoms. The number of amides is 1. The van der Waals surface area contributed by atoms with Crippen LogP contribution in [0.15, 0.2) is 36.4 Å². The van der Waals surface area contributed by atoms with Crippen molar-refractivity contribution in [3.8, 4) is 17.2 Å². The summed E-state index contributed by atoms with van der Waals surface area (Å²) in [6, 6.07) is 9.60. The maximum absolute atomic E-state index is 12.7. The van der Waals surface area contributed by atoms with Crippen molar-refractivity contribution in [1.82, 2.24) is 5.32 Å². The van der Waals surface area contributed by atoms with Gasteiger partial charge in [-0.05, 0) is 42.8 Å². The Balaban J connectivity index is 1.78. The zero-order chi connectivity index (χ0) is 21.9. The number of hydrogen-bond donors (Lipinski definition) is 1. The van der Waals surface area contributed by atoms with Crippen LogP contribution in [0.1, 0.15) is 18.5 Å². The van der Waals surface area contributed by atoms with Gasteiger partial charge in [-0.15, -0.1) is 0 Å². The van der Waals surface area contributed by atoms with Gasteiger partial charge in [0.05, 0.1) is 25.1 Å². The minimum atomic E-state index is -3.78. The van der Waals surface area contributed by atoms with Crippen molar-refractivity contribution in [2.24, 2.45) is 0 Å². The largest absolute Gasteiger partial charge is 0.495 e. The number of sulfonamides is 1. The predicted octanol–water partition coefficient (Wildman–Crippen LogP) is 2.76. The van der Waals surface area contributed by atoms with E-state index in [2.05, 4.69) is 5.32 Å². The molecule has 8 nitrogen and oxygen atoms in total. The number of carbonyl (C=O) groups is 1. The van der Waals surface area contributed by atoms with Gasteiger partial charge in [-0.3, -0.25) is 9.10 Å². The van der Waals surface area contributed by atoms with E-state index in [-0.39, 0.29) is 17.5 Å². The molecule has 30 heavy (non-hydrogen) atoms. The molecule has 0 saturated carbocycles. The second-order valence-corrected chi connectivity index (χ2v) is 9.12. The van der Waals surface area contributed by atoms with Crippen LogP contribution >= 0.6 is 11.6 Å². The number of anilines is 1. The van der Waals surface area contributed by atoms with E-state index in [1.165, 1.54) is 13.2 Å². The first-order chi connectivity index (χ1) is 14.2. The van der Waals surface area contributed by atoms with E-state index in [4.69, 9.17) is 25.8 Å². The summed E-state index contributed by atoms with van der Waals surface area (Å²) in [5.74, 6) is 1.07. The van der Waals surface area contributed by atoms with E-state index in [1.54, 1.807) is 31.2 Å². The highest BCUT2D eigenvalue weighted by Crippen LogP contribution is 2.34. The molecule has 0 aromatic heterocycles. The third kappa shape index (κ3) is 5.09. The molecule has 0 saturated heterocycles. The standard InChI is InChI=1S/C20H23ClN2O6S/c1-13(14-4-6-18-19(10-14)29-9-8-28-18)22-20(24)12-23(30(3,25)26)16-11-15(21)5-7-17(16)27-2/h4-7,10-11,13H,8-9,12H2,1-3H3,(H,22,24)/t13-/m1/s1. The molecule has 2 aromatic rings. The summed E-state index contributed by atoms with van der Waals surface area (Å²) in [6.07, 6.45) is 1.02. The Bertz CT molecular complexity index is 1040. The highest BCUT2D eigenvalue weighted by Gasteiger charge is 2.25. The topological polar surface area (TPSA) is 94.2 Å². The van der Waals surface area contributed by atoms with Crippen LogP contribution in [-0.4, -0.2) is 47.4 Å². The van der Waals surface area contributed by atoms with Gasteiger partial charge in [-0.2, -0.15) is 0 Å². The van der Waals surface area contributed by atoms with Crippen LogP contribution in [0.5, 0.6) is 17.2 Å². The molecular formula is C20H23ClN2O6S. The van der Waals surface area contributed by atoms with Gasteiger partial charge >= 0.3 is 0 Å². The number of halogens is 1. The smallest absolute Gasteiger partial charge is 0.241 e. The van der Waals surface area contributed by atoms with Crippen molar-refractivity contribution in [2.45, 2.75) is 13.0 Å². The van der Waals surface area contributed by atoms with E-state index < -0.39 is 22.5 Å². The number of ether oxygens (including phenoxy) is 3. The van der Waals surface area contributed by atoms with Gasteiger partial charge in [0.2, 0.25) is 15.9 Å². The molecule has 1 heterocycles. The quantitative estimate of drug-likeness (QED) is 0.691. The van der Waals surface area contributed by atoms with Crippen molar-refractivity contribution in [3.05, 3.63) is 47.0 Å². The molecule has 0 unspecified atom stereocenters. The summed E-state index contributed by atoms with van der Waals surface area (Å²) < 4.78 is 42.0. The van der Waals surface area contributed by atoms with Crippen LogP contribution in [0, 0.1) is 0 Å². The lowest BCUT2D eigenvalue weighted by atomic mass is 10.1. The Morgan fingerprint density at radius 3 is 2.57 bits per heavy atom. The van der Waals surface area contributed by atoms with Crippen molar-refractivity contribution in [2.75, 3.05) is 37.4 Å². The Morgan fingerprint density at radius 1 is 1.20 bits per heavy atom. The summed E-state index contributed by atoms with van der Waals surface area (Å²) in [4.78, 5) is 12.7. The summed E-state index contributed by atoms with van der Waals surface area (Å²) in [6.45, 7) is 2.33. The van der Waals surface area contributed by atoms with Crippen LogP contribution in [-0.2, 0) is 14.8 Å². The number of rotatable bonds is 7. The summed E-state index contributed by atoms with van der Waals surface area (Å²) in [5.41, 5.74) is 0.994. The second kappa shape index (κ2) is 9.01. The lowest BCUT2D eigenvalue weighted by molar-refractivity contribution is -0.120. The minimum absolute atomic E-state index is 0.189. The van der Waals surface area contributed by atoms with Gasteiger partial charge in [-0.25, -0.2) is 8.42 Å². The Labute approximate surface area is 180 Å². The maximum atomic E-state index is 12.7. The molecule has 1 N–H and O–H groups in total. The molecule has 0 fully saturated rings. The zero-order valence-electron chi connectivity index (χ0n) is 16.8. The molecular weight excluding hydrogens is 432 g/mol. The molecule has 0 aliphatic carbocycles. The third-order valence-corrected chi connectivity index (χ3v) is 5.90. The van der Waals surface area contributed by atoms with Crippen molar-refractivity contribution in [3.63, 3.8) is 0 Å². The highest BCUT2D eigenvalue weighted by atomic mass is 35.5. The fourth-order valence-electron chi connectivity index (χ4n) is 3.07. The SMILES string of the molecule is COc1ccc(Cl)cc1N(CC(=O)N[C@H](C)c1ccc2c(c1)OCCO2)S(C)(=O)=O. The Kier molecular flexibility index (Phi) is 6.62. The van der Waals surface area contributed by atoms with E-state index in [0.29, 0.717) is 29.7 Å². The van der Waals surface area contributed by atoms with Crippen LogP contribution in [0.2, 0.25) is 5.02 Å². The molecule has 162 valence electrons. The molecule has 1 aliphatic rings. The van der Waals surface area contributed by atoms with E-state index in [0.717, 1.165) is 16.1 Å². The van der Waals surface area contributed by atoms with Crippen LogP contribution in [0.4, 0.5) is 5.69 Å². The Morgan fingerprint density at radius 2 is 1.90 bits per heavy atom. The number of carbonyl (C=O) groups excluding carboxylic acids is 1. The molecule has 0 bridgehead atoms. The fourth-order valence-corrected chi connectivity index (χ4v) is 4.09. The average molecular weight is 455 g/mol. The van der Waals surface area contributed by atoms with Gasteiger partial charge in [0.1, 0.15) is 25.5 Å². The summed E-state index contributed by atoms with van der Waals surface area (Å²) in [7, 11) is -2.36. The fraction of sp³-hybridized carbons (Fsp3) is 0.350. The number of hydrogen-bond acceptors (Lipinski definition) is 6. The average Bonchev–Trinajstić information content (AvgIpc) is 2.70. The molecule has 3 rings (SSSR count).